The van der Waals surface area contributed by atoms with Crippen LogP contribution in [0.1, 0.15) is 43.0 Å². The van der Waals surface area contributed by atoms with Gasteiger partial charge in [-0.05, 0) is 38.8 Å². The number of aliphatic hydroxyl groups is 1. The molecule has 0 saturated carbocycles. The van der Waals surface area contributed by atoms with E-state index in [1.807, 2.05) is 6.92 Å². The Morgan fingerprint density at radius 1 is 1.37 bits per heavy atom. The fourth-order valence-corrected chi connectivity index (χ4v) is 2.12. The number of ether oxygens (including phenoxy) is 1. The summed E-state index contributed by atoms with van der Waals surface area (Å²) in [6.07, 6.45) is 0.635. The maximum Gasteiger partial charge on any atom is 0.0765 e. The van der Waals surface area contributed by atoms with Crippen molar-refractivity contribution in [1.29, 1.82) is 0 Å². The molecule has 1 aromatic carbocycles. The van der Waals surface area contributed by atoms with Gasteiger partial charge in [-0.2, -0.15) is 0 Å². The van der Waals surface area contributed by atoms with Gasteiger partial charge in [-0.3, -0.25) is 0 Å². The first-order valence-corrected chi connectivity index (χ1v) is 6.87. The Kier molecular flexibility index (Phi) is 5.98. The average molecular weight is 265 g/mol. The lowest BCUT2D eigenvalue weighted by Crippen LogP contribution is -2.39. The van der Waals surface area contributed by atoms with E-state index in [2.05, 4.69) is 44.3 Å². The van der Waals surface area contributed by atoms with Crippen LogP contribution in [0.4, 0.5) is 0 Å². The van der Waals surface area contributed by atoms with Crippen molar-refractivity contribution in [3.8, 4) is 0 Å². The number of hydrogen-bond acceptors (Lipinski definition) is 3. The summed E-state index contributed by atoms with van der Waals surface area (Å²) in [5, 5.41) is 13.6. The fraction of sp³-hybridized carbons (Fsp3) is 0.625. The molecule has 0 fully saturated rings. The molecule has 0 saturated heterocycles. The van der Waals surface area contributed by atoms with Gasteiger partial charge in [0.1, 0.15) is 0 Å². The van der Waals surface area contributed by atoms with E-state index < -0.39 is 5.60 Å². The van der Waals surface area contributed by atoms with Crippen molar-refractivity contribution in [2.24, 2.45) is 0 Å². The van der Waals surface area contributed by atoms with Crippen LogP contribution in [-0.2, 0) is 4.74 Å². The van der Waals surface area contributed by atoms with E-state index in [0.717, 1.165) is 0 Å². The van der Waals surface area contributed by atoms with Crippen molar-refractivity contribution in [1.82, 2.24) is 5.32 Å². The third-order valence-electron chi connectivity index (χ3n) is 3.54. The van der Waals surface area contributed by atoms with Crippen LogP contribution in [0.2, 0.25) is 0 Å². The molecule has 19 heavy (non-hydrogen) atoms. The van der Waals surface area contributed by atoms with E-state index in [0.29, 0.717) is 19.6 Å². The minimum absolute atomic E-state index is 0.230. The smallest absolute Gasteiger partial charge is 0.0765 e. The van der Waals surface area contributed by atoms with Crippen LogP contribution >= 0.6 is 0 Å². The molecule has 0 bridgehead atoms. The van der Waals surface area contributed by atoms with Crippen LogP contribution in [0.25, 0.3) is 0 Å². The molecule has 2 N–H and O–H groups in total. The largest absolute Gasteiger partial charge is 0.389 e. The minimum atomic E-state index is -0.734. The Bertz CT molecular complexity index is 402. The number of aryl methyl sites for hydroxylation is 2. The Hall–Kier alpha value is -0.900. The molecule has 0 amide bonds. The molecule has 0 spiro atoms. The summed E-state index contributed by atoms with van der Waals surface area (Å²) in [7, 11) is 1.65. The topological polar surface area (TPSA) is 41.5 Å². The summed E-state index contributed by atoms with van der Waals surface area (Å²) < 4.78 is 5.02. The molecule has 0 aliphatic heterocycles. The molecule has 2 unspecified atom stereocenters. The first-order valence-electron chi connectivity index (χ1n) is 6.87. The average Bonchev–Trinajstić information content (AvgIpc) is 2.36. The molecule has 0 aliphatic rings. The van der Waals surface area contributed by atoms with Gasteiger partial charge in [0.15, 0.2) is 0 Å². The van der Waals surface area contributed by atoms with Gasteiger partial charge in [0.05, 0.1) is 5.60 Å². The maximum absolute atomic E-state index is 10.2. The van der Waals surface area contributed by atoms with Gasteiger partial charge in [0.2, 0.25) is 0 Å². The van der Waals surface area contributed by atoms with Crippen molar-refractivity contribution in [3.63, 3.8) is 0 Å². The highest BCUT2D eigenvalue weighted by Gasteiger charge is 2.21. The predicted octanol–water partition coefficient (Wildman–Crippen LogP) is 2.74. The number of rotatable bonds is 7. The molecule has 1 rings (SSSR count). The minimum Gasteiger partial charge on any atom is -0.389 e. The molecule has 0 aromatic heterocycles. The number of methoxy groups -OCH3 is 1. The SMILES string of the molecule is COCCC(C)(O)CNC(C)c1cc(C)ccc1C. The molecule has 0 heterocycles. The zero-order valence-corrected chi connectivity index (χ0v) is 12.8. The Labute approximate surface area is 117 Å². The molecule has 0 aliphatic carbocycles. The van der Waals surface area contributed by atoms with Gasteiger partial charge in [-0.1, -0.05) is 23.8 Å². The van der Waals surface area contributed by atoms with Gasteiger partial charge in [-0.25, -0.2) is 0 Å². The standard InChI is InChI=1S/C16H27NO2/c1-12-6-7-13(2)15(10-12)14(3)17-11-16(4,18)8-9-19-5/h6-7,10,14,17-18H,8-9,11H2,1-5H3. The lowest BCUT2D eigenvalue weighted by Gasteiger charge is -2.26. The summed E-state index contributed by atoms with van der Waals surface area (Å²) >= 11 is 0. The van der Waals surface area contributed by atoms with Gasteiger partial charge >= 0.3 is 0 Å². The van der Waals surface area contributed by atoms with E-state index in [9.17, 15) is 5.11 Å². The summed E-state index contributed by atoms with van der Waals surface area (Å²) in [6, 6.07) is 6.71. The summed E-state index contributed by atoms with van der Waals surface area (Å²) in [5.41, 5.74) is 3.10. The predicted molar refractivity (Wildman–Crippen MR) is 79.5 cm³/mol. The number of nitrogens with one attached hydrogen (secondary N) is 1. The van der Waals surface area contributed by atoms with Crippen molar-refractivity contribution in [2.45, 2.75) is 45.8 Å². The second kappa shape index (κ2) is 7.04. The Balaban J connectivity index is 2.59. The van der Waals surface area contributed by atoms with E-state index in [1.165, 1.54) is 16.7 Å². The highest BCUT2D eigenvalue weighted by Crippen LogP contribution is 2.19. The van der Waals surface area contributed by atoms with E-state index in [1.54, 1.807) is 7.11 Å². The summed E-state index contributed by atoms with van der Waals surface area (Å²) in [5.74, 6) is 0. The highest BCUT2D eigenvalue weighted by atomic mass is 16.5. The van der Waals surface area contributed by atoms with Crippen LogP contribution < -0.4 is 5.32 Å². The zero-order valence-electron chi connectivity index (χ0n) is 12.8. The van der Waals surface area contributed by atoms with Crippen LogP contribution in [0.3, 0.4) is 0 Å². The molecule has 3 heteroatoms. The molecule has 2 atom stereocenters. The molecular weight excluding hydrogens is 238 g/mol. The lowest BCUT2D eigenvalue weighted by molar-refractivity contribution is 0.0231. The van der Waals surface area contributed by atoms with Crippen molar-refractivity contribution >= 4 is 0 Å². The molecule has 0 radical (unpaired) electrons. The van der Waals surface area contributed by atoms with Gasteiger partial charge in [-0.15, -0.1) is 0 Å². The van der Waals surface area contributed by atoms with Crippen molar-refractivity contribution in [3.05, 3.63) is 34.9 Å². The zero-order chi connectivity index (χ0) is 14.5. The normalized spacial score (nSPS) is 16.1. The van der Waals surface area contributed by atoms with Crippen molar-refractivity contribution in [2.75, 3.05) is 20.3 Å². The quantitative estimate of drug-likeness (QED) is 0.796. The third-order valence-corrected chi connectivity index (χ3v) is 3.54. The first-order chi connectivity index (χ1) is 8.85. The van der Waals surface area contributed by atoms with E-state index in [-0.39, 0.29) is 6.04 Å². The van der Waals surface area contributed by atoms with Crippen LogP contribution in [-0.4, -0.2) is 31.0 Å². The summed E-state index contributed by atoms with van der Waals surface area (Å²) in [6.45, 7) is 9.33. The van der Waals surface area contributed by atoms with Crippen LogP contribution in [0, 0.1) is 13.8 Å². The number of hydrogen-bond donors (Lipinski definition) is 2. The maximum atomic E-state index is 10.2. The Morgan fingerprint density at radius 3 is 2.68 bits per heavy atom. The molecule has 3 nitrogen and oxygen atoms in total. The lowest BCUT2D eigenvalue weighted by atomic mass is 9.98. The van der Waals surface area contributed by atoms with Crippen LogP contribution in [0.5, 0.6) is 0 Å². The molecular formula is C16H27NO2. The fourth-order valence-electron chi connectivity index (χ4n) is 2.12. The van der Waals surface area contributed by atoms with E-state index >= 15 is 0 Å². The summed E-state index contributed by atoms with van der Waals surface area (Å²) in [4.78, 5) is 0. The Morgan fingerprint density at radius 2 is 2.05 bits per heavy atom. The van der Waals surface area contributed by atoms with Crippen LogP contribution in [0.15, 0.2) is 18.2 Å². The van der Waals surface area contributed by atoms with Gasteiger partial charge in [0, 0.05) is 32.7 Å². The second-order valence-electron chi connectivity index (χ2n) is 5.70. The third kappa shape index (κ3) is 5.31. The molecule has 1 aromatic rings. The highest BCUT2D eigenvalue weighted by molar-refractivity contribution is 5.32. The van der Waals surface area contributed by atoms with Gasteiger partial charge in [0.25, 0.3) is 0 Å². The monoisotopic (exact) mass is 265 g/mol. The number of benzene rings is 1. The molecule has 108 valence electrons. The van der Waals surface area contributed by atoms with Crippen molar-refractivity contribution < 1.29 is 9.84 Å². The first kappa shape index (κ1) is 16.2. The van der Waals surface area contributed by atoms with Gasteiger partial charge < -0.3 is 15.2 Å². The second-order valence-corrected chi connectivity index (χ2v) is 5.70. The van der Waals surface area contributed by atoms with E-state index in [4.69, 9.17) is 4.74 Å².